The molecule has 1 aliphatic carbocycles. The Kier molecular flexibility index (Phi) is 5.66. The Morgan fingerprint density at radius 1 is 1.38 bits per heavy atom. The van der Waals surface area contributed by atoms with Crippen molar-refractivity contribution in [3.05, 3.63) is 29.6 Å². The van der Waals surface area contributed by atoms with Crippen LogP contribution in [0.5, 0.6) is 0 Å². The first-order valence-corrected chi connectivity index (χ1v) is 8.33. The Bertz CT molecular complexity index is 727. The predicted molar refractivity (Wildman–Crippen MR) is 96.8 cm³/mol. The smallest absolute Gasteiger partial charge is 0.337 e. The van der Waals surface area contributed by atoms with Crippen LogP contribution in [0.1, 0.15) is 37.0 Å². The number of hydrogen-bond donors (Lipinski definition) is 2. The van der Waals surface area contributed by atoms with Crippen molar-refractivity contribution in [2.24, 2.45) is 17.1 Å². The lowest BCUT2D eigenvalue weighted by atomic mass is 9.46. The lowest BCUT2D eigenvalue weighted by molar-refractivity contribution is -0.222. The largest absolute Gasteiger partial charge is 0.465 e. The molecule has 3 unspecified atom stereocenters. The van der Waals surface area contributed by atoms with Gasteiger partial charge in [-0.05, 0) is 31.0 Å². The van der Waals surface area contributed by atoms with Crippen LogP contribution in [0.4, 0.5) is 10.1 Å². The molecule has 1 amide bonds. The van der Waals surface area contributed by atoms with Gasteiger partial charge in [0.15, 0.2) is 0 Å². The zero-order valence-corrected chi connectivity index (χ0v) is 15.8. The van der Waals surface area contributed by atoms with E-state index in [1.807, 2.05) is 13.8 Å². The van der Waals surface area contributed by atoms with E-state index >= 15 is 0 Å². The highest BCUT2D eigenvalue weighted by atomic mass is 35.5. The third-order valence-corrected chi connectivity index (χ3v) is 5.70. The molecule has 0 aromatic heterocycles. The second-order valence-electron chi connectivity index (χ2n) is 7.27. The minimum atomic E-state index is -1.16. The van der Waals surface area contributed by atoms with E-state index in [1.54, 1.807) is 0 Å². The number of amides is 1. The molecule has 26 heavy (non-hydrogen) atoms. The standard InChI is InChI=1S/C18H23FN2O4.ClH/c1-17(2)14-11(5-4-8-25-14)18(17,20)16(23)21-13-9-10(15(22)24-3)6-7-12(13)19;/h6-7,9,11,14H,4-5,8,20H2,1-3H3,(H,21,23);1H. The summed E-state index contributed by atoms with van der Waals surface area (Å²) in [6, 6.07) is 3.67. The molecule has 6 nitrogen and oxygen atoms in total. The van der Waals surface area contributed by atoms with Gasteiger partial charge in [0.25, 0.3) is 0 Å². The van der Waals surface area contributed by atoms with Gasteiger partial charge in [-0.1, -0.05) is 13.8 Å². The SMILES string of the molecule is COC(=O)c1ccc(F)c(NC(=O)C2(N)C3CCCOC3C2(C)C)c1.Cl. The molecule has 1 aromatic carbocycles. The molecule has 3 atom stereocenters. The summed E-state index contributed by atoms with van der Waals surface area (Å²) in [6.07, 6.45) is 1.56. The number of carbonyl (C=O) groups is 2. The summed E-state index contributed by atoms with van der Waals surface area (Å²) in [4.78, 5) is 24.5. The zero-order valence-electron chi connectivity index (χ0n) is 15.0. The number of halogens is 2. The van der Waals surface area contributed by atoms with Gasteiger partial charge in [-0.15, -0.1) is 12.4 Å². The second kappa shape index (κ2) is 7.13. The van der Waals surface area contributed by atoms with Crippen molar-refractivity contribution in [2.75, 3.05) is 19.0 Å². The molecule has 1 aliphatic heterocycles. The van der Waals surface area contributed by atoms with E-state index in [1.165, 1.54) is 19.2 Å². The summed E-state index contributed by atoms with van der Waals surface area (Å²) >= 11 is 0. The molecule has 1 aromatic rings. The monoisotopic (exact) mass is 386 g/mol. The molecule has 144 valence electrons. The number of rotatable bonds is 3. The van der Waals surface area contributed by atoms with Crippen molar-refractivity contribution in [3.8, 4) is 0 Å². The molecule has 3 rings (SSSR count). The number of benzene rings is 1. The predicted octanol–water partition coefficient (Wildman–Crippen LogP) is 2.51. The van der Waals surface area contributed by atoms with Crippen molar-refractivity contribution in [3.63, 3.8) is 0 Å². The number of anilines is 1. The van der Waals surface area contributed by atoms with Gasteiger partial charge >= 0.3 is 5.97 Å². The fourth-order valence-corrected chi connectivity index (χ4v) is 4.13. The number of nitrogens with two attached hydrogens (primary N) is 1. The van der Waals surface area contributed by atoms with Crippen LogP contribution in [0.25, 0.3) is 0 Å². The summed E-state index contributed by atoms with van der Waals surface area (Å²) in [6.45, 7) is 4.44. The van der Waals surface area contributed by atoms with E-state index in [-0.39, 0.29) is 35.7 Å². The molecular weight excluding hydrogens is 363 g/mol. The quantitative estimate of drug-likeness (QED) is 0.779. The van der Waals surface area contributed by atoms with Gasteiger partial charge in [0.2, 0.25) is 5.91 Å². The van der Waals surface area contributed by atoms with Crippen molar-refractivity contribution in [2.45, 2.75) is 38.3 Å². The lowest BCUT2D eigenvalue weighted by Crippen LogP contribution is -2.81. The summed E-state index contributed by atoms with van der Waals surface area (Å²) in [7, 11) is 1.24. The van der Waals surface area contributed by atoms with E-state index in [0.717, 1.165) is 18.9 Å². The van der Waals surface area contributed by atoms with Crippen LogP contribution < -0.4 is 11.1 Å². The van der Waals surface area contributed by atoms with Crippen LogP contribution in [0.2, 0.25) is 0 Å². The maximum atomic E-state index is 14.1. The number of methoxy groups -OCH3 is 1. The topological polar surface area (TPSA) is 90.7 Å². The average molecular weight is 387 g/mol. The number of fused-ring (bicyclic) bond motifs is 1. The van der Waals surface area contributed by atoms with Gasteiger partial charge in [0, 0.05) is 17.9 Å². The van der Waals surface area contributed by atoms with Gasteiger partial charge in [-0.3, -0.25) is 4.79 Å². The number of hydrogen-bond acceptors (Lipinski definition) is 5. The molecule has 3 N–H and O–H groups in total. The fraction of sp³-hybridized carbons (Fsp3) is 0.556. The Hall–Kier alpha value is -1.70. The first-order valence-electron chi connectivity index (χ1n) is 8.33. The molecule has 0 bridgehead atoms. The fourth-order valence-electron chi connectivity index (χ4n) is 4.13. The highest BCUT2D eigenvalue weighted by Crippen LogP contribution is 2.57. The number of ether oxygens (including phenoxy) is 2. The van der Waals surface area contributed by atoms with Gasteiger partial charge in [0.1, 0.15) is 11.4 Å². The summed E-state index contributed by atoms with van der Waals surface area (Å²) in [5.41, 5.74) is 4.82. The summed E-state index contributed by atoms with van der Waals surface area (Å²) in [5.74, 6) is -1.82. The lowest BCUT2D eigenvalue weighted by Gasteiger charge is -2.65. The highest BCUT2D eigenvalue weighted by Gasteiger charge is 2.70. The average Bonchev–Trinajstić information content (AvgIpc) is 2.61. The zero-order chi connectivity index (χ0) is 18.4. The molecule has 1 heterocycles. The Morgan fingerprint density at radius 3 is 2.73 bits per heavy atom. The van der Waals surface area contributed by atoms with Crippen LogP contribution >= 0.6 is 12.4 Å². The Morgan fingerprint density at radius 2 is 2.08 bits per heavy atom. The van der Waals surface area contributed by atoms with Crippen molar-refractivity contribution < 1.29 is 23.5 Å². The summed E-state index contributed by atoms with van der Waals surface area (Å²) < 4.78 is 24.5. The molecule has 1 saturated carbocycles. The van der Waals surface area contributed by atoms with Crippen LogP contribution in [0.3, 0.4) is 0 Å². The summed E-state index contributed by atoms with van der Waals surface area (Å²) in [5, 5.41) is 2.56. The third-order valence-electron chi connectivity index (χ3n) is 5.70. The minimum absolute atomic E-state index is 0. The molecule has 8 heteroatoms. The molecule has 2 fully saturated rings. The van der Waals surface area contributed by atoms with Crippen molar-refractivity contribution in [1.29, 1.82) is 0 Å². The second-order valence-corrected chi connectivity index (χ2v) is 7.27. The molecule has 1 saturated heterocycles. The number of carbonyl (C=O) groups excluding carboxylic acids is 2. The highest BCUT2D eigenvalue weighted by molar-refractivity contribution is 6.01. The van der Waals surface area contributed by atoms with E-state index in [2.05, 4.69) is 10.1 Å². The number of nitrogens with one attached hydrogen (secondary N) is 1. The van der Waals surface area contributed by atoms with Crippen LogP contribution in [-0.2, 0) is 14.3 Å². The third kappa shape index (κ3) is 2.88. The van der Waals surface area contributed by atoms with Gasteiger partial charge in [-0.2, -0.15) is 0 Å². The van der Waals surface area contributed by atoms with Crippen LogP contribution in [0.15, 0.2) is 18.2 Å². The first kappa shape index (κ1) is 20.6. The molecule has 0 radical (unpaired) electrons. The van der Waals surface area contributed by atoms with Crippen molar-refractivity contribution in [1.82, 2.24) is 0 Å². The van der Waals surface area contributed by atoms with E-state index in [4.69, 9.17) is 10.5 Å². The maximum Gasteiger partial charge on any atom is 0.337 e. The molecular formula is C18H24ClFN2O4. The van der Waals surface area contributed by atoms with E-state index in [9.17, 15) is 14.0 Å². The van der Waals surface area contributed by atoms with Crippen LogP contribution in [-0.4, -0.2) is 37.2 Å². The Balaban J connectivity index is 0.00000243. The minimum Gasteiger partial charge on any atom is -0.465 e. The maximum absolute atomic E-state index is 14.1. The Labute approximate surface area is 158 Å². The van der Waals surface area contributed by atoms with Gasteiger partial charge in [-0.25, -0.2) is 9.18 Å². The van der Waals surface area contributed by atoms with Gasteiger partial charge in [0.05, 0.1) is 24.5 Å². The first-order chi connectivity index (χ1) is 11.7. The number of esters is 1. The molecule has 2 aliphatic rings. The van der Waals surface area contributed by atoms with Crippen LogP contribution in [0, 0.1) is 17.2 Å². The van der Waals surface area contributed by atoms with E-state index in [0.29, 0.717) is 6.61 Å². The van der Waals surface area contributed by atoms with Gasteiger partial charge < -0.3 is 20.5 Å². The normalized spacial score (nSPS) is 28.8. The molecule has 0 spiro atoms. The van der Waals surface area contributed by atoms with E-state index < -0.39 is 28.6 Å². The van der Waals surface area contributed by atoms with Crippen molar-refractivity contribution >= 4 is 30.0 Å².